The highest BCUT2D eigenvalue weighted by molar-refractivity contribution is 6.00. The van der Waals surface area contributed by atoms with Crippen LogP contribution in [0.2, 0.25) is 0 Å². The molecule has 0 saturated carbocycles. The Labute approximate surface area is 164 Å². The molecule has 0 aromatic heterocycles. The van der Waals surface area contributed by atoms with Gasteiger partial charge in [-0.25, -0.2) is 0 Å². The molecule has 0 fully saturated rings. The van der Waals surface area contributed by atoms with E-state index in [-0.39, 0.29) is 18.1 Å². The van der Waals surface area contributed by atoms with Crippen molar-refractivity contribution in [2.24, 2.45) is 5.73 Å². The van der Waals surface area contributed by atoms with Gasteiger partial charge in [-0.2, -0.15) is 0 Å². The number of hydrogen-bond acceptors (Lipinski definition) is 4. The number of hydrogen-bond donors (Lipinski definition) is 1. The van der Waals surface area contributed by atoms with E-state index in [1.807, 2.05) is 38.1 Å². The van der Waals surface area contributed by atoms with Crippen LogP contribution in [0.5, 0.6) is 11.5 Å². The van der Waals surface area contributed by atoms with Gasteiger partial charge >= 0.3 is 0 Å². The Bertz CT molecular complexity index is 952. The van der Waals surface area contributed by atoms with Crippen LogP contribution < -0.4 is 20.1 Å². The molecule has 0 atom stereocenters. The highest BCUT2D eigenvalue weighted by Gasteiger charge is 2.33. The first kappa shape index (κ1) is 18.3. The largest absolute Gasteiger partial charge is 0.483 e. The smallest absolute Gasteiger partial charge is 0.264 e. The molecule has 146 valence electrons. The fourth-order valence-electron chi connectivity index (χ4n) is 4.03. The van der Waals surface area contributed by atoms with Crippen LogP contribution in [0.3, 0.4) is 0 Å². The normalized spacial score (nSPS) is 16.7. The van der Waals surface area contributed by atoms with E-state index in [0.717, 1.165) is 41.8 Å². The fraction of sp³-hybridized carbons (Fsp3) is 0.364. The maximum Gasteiger partial charge on any atom is 0.264 e. The van der Waals surface area contributed by atoms with Crippen LogP contribution in [0, 0.1) is 0 Å². The lowest BCUT2D eigenvalue weighted by atomic mass is 9.96. The summed E-state index contributed by atoms with van der Waals surface area (Å²) in [7, 11) is 0. The molecular weight excluding hydrogens is 356 g/mol. The van der Waals surface area contributed by atoms with E-state index in [2.05, 4.69) is 0 Å². The third-order valence-corrected chi connectivity index (χ3v) is 5.22. The molecule has 6 heteroatoms. The number of benzene rings is 2. The number of para-hydroxylation sites is 1. The second-order valence-corrected chi connectivity index (χ2v) is 7.89. The van der Waals surface area contributed by atoms with Gasteiger partial charge in [-0.1, -0.05) is 18.2 Å². The summed E-state index contributed by atoms with van der Waals surface area (Å²) in [5.41, 5.74) is 8.35. The minimum absolute atomic E-state index is 0.0967. The van der Waals surface area contributed by atoms with Crippen molar-refractivity contribution >= 4 is 17.5 Å². The number of carbonyl (C=O) groups excluding carboxylic acids is 2. The first-order valence-corrected chi connectivity index (χ1v) is 9.51. The molecule has 2 aromatic rings. The molecule has 0 radical (unpaired) electrons. The predicted octanol–water partition coefficient (Wildman–Crippen LogP) is 2.86. The Hall–Kier alpha value is -3.02. The van der Waals surface area contributed by atoms with Gasteiger partial charge in [0.2, 0.25) is 5.91 Å². The van der Waals surface area contributed by atoms with Gasteiger partial charge in [0.25, 0.3) is 5.91 Å². The molecule has 0 bridgehead atoms. The Balaban J connectivity index is 1.52. The molecule has 4 rings (SSSR count). The zero-order valence-corrected chi connectivity index (χ0v) is 16.2. The predicted molar refractivity (Wildman–Crippen MR) is 106 cm³/mol. The molecule has 0 spiro atoms. The van der Waals surface area contributed by atoms with Gasteiger partial charge in [0, 0.05) is 29.8 Å². The molecule has 2 aliphatic heterocycles. The van der Waals surface area contributed by atoms with Gasteiger partial charge in [-0.05, 0) is 50.5 Å². The van der Waals surface area contributed by atoms with E-state index < -0.39 is 5.91 Å². The van der Waals surface area contributed by atoms with Crippen LogP contribution in [-0.2, 0) is 17.6 Å². The fourth-order valence-corrected chi connectivity index (χ4v) is 4.03. The van der Waals surface area contributed by atoms with Gasteiger partial charge in [0.05, 0.1) is 0 Å². The van der Waals surface area contributed by atoms with Crippen LogP contribution in [0.4, 0.5) is 5.69 Å². The molecular formula is C22H24N2O4. The standard InChI is InChI=1S/C22H24N2O4/c1-22(2)12-14-6-3-10-18(20(14)28-22)27-13-19(25)24-11-5-8-15-16(21(23)26)7-4-9-17(15)24/h3-4,6-7,9-10H,5,8,11-13H2,1-2H3,(H2,23,26). The molecule has 2 heterocycles. The molecule has 2 aromatic carbocycles. The van der Waals surface area contributed by atoms with E-state index in [4.69, 9.17) is 15.2 Å². The molecule has 0 unspecified atom stereocenters. The van der Waals surface area contributed by atoms with Gasteiger partial charge in [0.1, 0.15) is 5.60 Å². The van der Waals surface area contributed by atoms with Gasteiger partial charge < -0.3 is 20.1 Å². The van der Waals surface area contributed by atoms with Gasteiger partial charge in [0.15, 0.2) is 18.1 Å². The lowest BCUT2D eigenvalue weighted by molar-refractivity contribution is -0.120. The van der Waals surface area contributed by atoms with E-state index in [1.165, 1.54) is 0 Å². The number of ether oxygens (including phenoxy) is 2. The Morgan fingerprint density at radius 2 is 2.00 bits per heavy atom. The zero-order valence-electron chi connectivity index (χ0n) is 16.2. The summed E-state index contributed by atoms with van der Waals surface area (Å²) >= 11 is 0. The summed E-state index contributed by atoms with van der Waals surface area (Å²) in [6.07, 6.45) is 2.32. The molecule has 6 nitrogen and oxygen atoms in total. The minimum Gasteiger partial charge on any atom is -0.483 e. The Morgan fingerprint density at radius 1 is 1.21 bits per heavy atom. The highest BCUT2D eigenvalue weighted by atomic mass is 16.5. The van der Waals surface area contributed by atoms with Crippen molar-refractivity contribution in [3.63, 3.8) is 0 Å². The van der Waals surface area contributed by atoms with Crippen LogP contribution in [0.25, 0.3) is 0 Å². The summed E-state index contributed by atoms with van der Waals surface area (Å²) in [5, 5.41) is 0. The van der Waals surface area contributed by atoms with Crippen molar-refractivity contribution in [1.82, 2.24) is 0 Å². The number of anilines is 1. The van der Waals surface area contributed by atoms with Crippen LogP contribution in [-0.4, -0.2) is 30.6 Å². The van der Waals surface area contributed by atoms with Crippen molar-refractivity contribution in [1.29, 1.82) is 0 Å². The minimum atomic E-state index is -0.470. The van der Waals surface area contributed by atoms with E-state index in [0.29, 0.717) is 17.9 Å². The molecule has 0 aliphatic carbocycles. The van der Waals surface area contributed by atoms with Gasteiger partial charge in [-0.3, -0.25) is 9.59 Å². The van der Waals surface area contributed by atoms with Crippen LogP contribution in [0.1, 0.15) is 41.8 Å². The van der Waals surface area contributed by atoms with E-state index in [1.54, 1.807) is 17.0 Å². The number of amides is 2. The van der Waals surface area contributed by atoms with Crippen molar-refractivity contribution in [3.05, 3.63) is 53.1 Å². The molecule has 2 aliphatic rings. The zero-order chi connectivity index (χ0) is 19.9. The summed E-state index contributed by atoms with van der Waals surface area (Å²) < 4.78 is 11.8. The number of carbonyl (C=O) groups is 2. The first-order chi connectivity index (χ1) is 13.4. The summed E-state index contributed by atoms with van der Waals surface area (Å²) in [6.45, 7) is 4.56. The van der Waals surface area contributed by atoms with E-state index in [9.17, 15) is 9.59 Å². The maximum absolute atomic E-state index is 12.9. The third-order valence-electron chi connectivity index (χ3n) is 5.22. The number of rotatable bonds is 4. The second kappa shape index (κ2) is 6.86. The van der Waals surface area contributed by atoms with Crippen LogP contribution in [0.15, 0.2) is 36.4 Å². The van der Waals surface area contributed by atoms with Gasteiger partial charge in [-0.15, -0.1) is 0 Å². The van der Waals surface area contributed by atoms with Crippen molar-refractivity contribution in [2.45, 2.75) is 38.7 Å². The average Bonchev–Trinajstić information content (AvgIpc) is 2.99. The molecule has 2 amide bonds. The summed E-state index contributed by atoms with van der Waals surface area (Å²) in [6, 6.07) is 11.1. The first-order valence-electron chi connectivity index (χ1n) is 9.51. The number of fused-ring (bicyclic) bond motifs is 2. The summed E-state index contributed by atoms with van der Waals surface area (Å²) in [4.78, 5) is 26.3. The highest BCUT2D eigenvalue weighted by Crippen LogP contribution is 2.41. The Kier molecular flexibility index (Phi) is 4.49. The van der Waals surface area contributed by atoms with Crippen LogP contribution >= 0.6 is 0 Å². The lowest BCUT2D eigenvalue weighted by Crippen LogP contribution is -2.39. The number of nitrogens with zero attached hydrogens (tertiary/aromatic N) is 1. The third kappa shape index (κ3) is 3.30. The maximum atomic E-state index is 12.9. The van der Waals surface area contributed by atoms with Crippen molar-refractivity contribution in [3.8, 4) is 11.5 Å². The quantitative estimate of drug-likeness (QED) is 0.884. The topological polar surface area (TPSA) is 81.9 Å². The Morgan fingerprint density at radius 3 is 2.79 bits per heavy atom. The van der Waals surface area contributed by atoms with E-state index >= 15 is 0 Å². The average molecular weight is 380 g/mol. The lowest BCUT2D eigenvalue weighted by Gasteiger charge is -2.30. The molecule has 28 heavy (non-hydrogen) atoms. The SMILES string of the molecule is CC1(C)Cc2cccc(OCC(=O)N3CCCc4c(C(N)=O)cccc43)c2O1. The van der Waals surface area contributed by atoms with Crippen molar-refractivity contribution in [2.75, 3.05) is 18.1 Å². The molecule has 0 saturated heterocycles. The molecule has 2 N–H and O–H groups in total. The number of nitrogens with two attached hydrogens (primary N) is 1. The number of primary amides is 1. The summed E-state index contributed by atoms with van der Waals surface area (Å²) in [5.74, 6) is 0.675. The van der Waals surface area contributed by atoms with Crippen molar-refractivity contribution < 1.29 is 19.1 Å². The monoisotopic (exact) mass is 380 g/mol. The second-order valence-electron chi connectivity index (χ2n) is 7.89.